The first-order valence-electron chi connectivity index (χ1n) is 19.3. The van der Waals surface area contributed by atoms with E-state index in [1.54, 1.807) is 60.0 Å². The highest BCUT2D eigenvalue weighted by Gasteiger charge is 2.51. The Labute approximate surface area is 329 Å². The molecule has 2 aromatic carbocycles. The molecule has 0 radical (unpaired) electrons. The third-order valence-corrected chi connectivity index (χ3v) is 10.5. The predicted molar refractivity (Wildman–Crippen MR) is 208 cm³/mol. The molecule has 0 saturated carbocycles. The first-order chi connectivity index (χ1) is 27.4. The molecule has 4 aromatic rings. The van der Waals surface area contributed by atoms with Gasteiger partial charge in [-0.15, -0.1) is 0 Å². The maximum Gasteiger partial charge on any atom is 0.510 e. The van der Waals surface area contributed by atoms with Gasteiger partial charge >= 0.3 is 12.1 Å². The number of fused-ring (bicyclic) bond motifs is 5. The molecule has 14 heteroatoms. The van der Waals surface area contributed by atoms with E-state index >= 15 is 0 Å². The van der Waals surface area contributed by atoms with Crippen molar-refractivity contribution >= 4 is 46.2 Å². The minimum absolute atomic E-state index is 0.0104. The van der Waals surface area contributed by atoms with Crippen LogP contribution in [0.1, 0.15) is 94.0 Å². The van der Waals surface area contributed by atoms with Crippen molar-refractivity contribution in [2.24, 2.45) is 5.92 Å². The molecule has 57 heavy (non-hydrogen) atoms. The SMILES string of the molecule is CCCCCC(CC(=O)COCC(C)=O)C(=O)Nc1ccc(COC(=O)OC2(CC)C(=O)OCc3c2cc2n(c3=O)Cc3c-2nc2ccc(O)cc2c3CC)cc1. The zero-order valence-corrected chi connectivity index (χ0v) is 32.6. The summed E-state index contributed by atoms with van der Waals surface area (Å²) in [4.78, 5) is 82.5. The van der Waals surface area contributed by atoms with Crippen LogP contribution in [-0.2, 0) is 69.9 Å². The van der Waals surface area contributed by atoms with E-state index in [9.17, 15) is 33.9 Å². The standard InChI is InChI=1S/C43H47N3O11/c1-5-8-9-10-27(17-30(49)23-54-21-25(4)47)39(50)44-28-13-11-26(12-14-28)22-56-42(53)57-43(7-3)35-19-37-38-33(20-46(37)40(51)34(35)24-55-41(43)52)31(6-2)32-18-29(48)15-16-36(32)45-38/h11-16,18-19,27,48H,5-10,17,20-24H2,1-4H3,(H,44,50). The Bertz CT molecular complexity index is 2280. The van der Waals surface area contributed by atoms with Crippen LogP contribution in [-0.4, -0.2) is 57.5 Å². The second-order valence-corrected chi connectivity index (χ2v) is 14.5. The molecular formula is C43H47N3O11. The van der Waals surface area contributed by atoms with Crippen molar-refractivity contribution < 1.29 is 48.0 Å². The fourth-order valence-electron chi connectivity index (χ4n) is 7.56. The zero-order valence-electron chi connectivity index (χ0n) is 32.6. The number of cyclic esters (lactones) is 1. The van der Waals surface area contributed by atoms with Gasteiger partial charge in [-0.05, 0) is 73.7 Å². The molecule has 14 nitrogen and oxygen atoms in total. The van der Waals surface area contributed by atoms with Crippen LogP contribution in [0.2, 0.25) is 0 Å². The highest BCUT2D eigenvalue weighted by molar-refractivity contribution is 5.96. The summed E-state index contributed by atoms with van der Waals surface area (Å²) in [7, 11) is 0. The number of rotatable bonds is 17. The highest BCUT2D eigenvalue weighted by atomic mass is 16.7. The topological polar surface area (TPSA) is 189 Å². The van der Waals surface area contributed by atoms with Crippen molar-refractivity contribution in [3.8, 4) is 17.1 Å². The minimum atomic E-state index is -1.96. The van der Waals surface area contributed by atoms with Crippen molar-refractivity contribution in [1.29, 1.82) is 0 Å². The second-order valence-electron chi connectivity index (χ2n) is 14.5. The fraction of sp³-hybridized carbons (Fsp3) is 0.419. The van der Waals surface area contributed by atoms with Crippen LogP contribution in [0.3, 0.4) is 0 Å². The van der Waals surface area contributed by atoms with E-state index in [2.05, 4.69) is 5.32 Å². The molecular weight excluding hydrogens is 734 g/mol. The fourth-order valence-corrected chi connectivity index (χ4v) is 7.56. The van der Waals surface area contributed by atoms with Gasteiger partial charge in [-0.2, -0.15) is 0 Å². The number of nitrogens with one attached hydrogen (secondary N) is 1. The second kappa shape index (κ2) is 17.5. The van der Waals surface area contributed by atoms with Gasteiger partial charge in [0.05, 0.1) is 29.0 Å². The van der Waals surface area contributed by atoms with E-state index in [1.807, 2.05) is 13.8 Å². The summed E-state index contributed by atoms with van der Waals surface area (Å²) in [6.45, 7) is 6.39. The Kier molecular flexibility index (Phi) is 12.5. The van der Waals surface area contributed by atoms with E-state index in [4.69, 9.17) is 23.9 Å². The number of amides is 1. The Morgan fingerprint density at radius 1 is 1.00 bits per heavy atom. The summed E-state index contributed by atoms with van der Waals surface area (Å²) in [5, 5.41) is 13.8. The van der Waals surface area contributed by atoms with Gasteiger partial charge in [-0.3, -0.25) is 19.2 Å². The molecule has 1 amide bonds. The Morgan fingerprint density at radius 3 is 2.47 bits per heavy atom. The number of aromatic hydroxyl groups is 1. The third-order valence-electron chi connectivity index (χ3n) is 10.5. The molecule has 0 spiro atoms. The average molecular weight is 782 g/mol. The highest BCUT2D eigenvalue weighted by Crippen LogP contribution is 2.42. The van der Waals surface area contributed by atoms with Crippen molar-refractivity contribution in [2.75, 3.05) is 18.5 Å². The van der Waals surface area contributed by atoms with Crippen LogP contribution < -0.4 is 10.9 Å². The lowest BCUT2D eigenvalue weighted by molar-refractivity contribution is -0.175. The van der Waals surface area contributed by atoms with Gasteiger partial charge < -0.3 is 33.9 Å². The molecule has 2 N–H and O–H groups in total. The van der Waals surface area contributed by atoms with Crippen molar-refractivity contribution in [1.82, 2.24) is 9.55 Å². The number of hydrogen-bond acceptors (Lipinski definition) is 12. The quantitative estimate of drug-likeness (QED) is 0.0781. The van der Waals surface area contributed by atoms with E-state index in [1.165, 1.54) is 6.92 Å². The number of ether oxygens (including phenoxy) is 4. The number of aryl methyl sites for hydroxylation is 1. The number of pyridine rings is 2. The largest absolute Gasteiger partial charge is 0.510 e. The Hall–Kier alpha value is -5.89. The summed E-state index contributed by atoms with van der Waals surface area (Å²) in [5.41, 5.74) is 2.58. The molecule has 6 rings (SSSR count). The lowest BCUT2D eigenvalue weighted by Gasteiger charge is -2.35. The molecule has 0 saturated heterocycles. The van der Waals surface area contributed by atoms with E-state index < -0.39 is 23.6 Å². The monoisotopic (exact) mass is 781 g/mol. The number of esters is 1. The van der Waals surface area contributed by atoms with E-state index in [0.717, 1.165) is 35.8 Å². The van der Waals surface area contributed by atoms with Crippen LogP contribution in [0.25, 0.3) is 22.3 Å². The van der Waals surface area contributed by atoms with Crippen molar-refractivity contribution in [2.45, 2.75) is 98.0 Å². The third kappa shape index (κ3) is 8.60. The number of Topliss-reactive ketones (excluding diaryl/α,β-unsaturated/α-hetero) is 2. The first-order valence-corrected chi connectivity index (χ1v) is 19.3. The van der Waals surface area contributed by atoms with Crippen LogP contribution in [0.4, 0.5) is 10.5 Å². The number of anilines is 1. The molecule has 2 aromatic heterocycles. The number of aromatic nitrogens is 2. The normalized spacial score (nSPS) is 15.9. The molecule has 0 aliphatic carbocycles. The number of nitrogens with zero attached hydrogens (tertiary/aromatic N) is 2. The number of ketones is 2. The zero-order chi connectivity index (χ0) is 40.9. The van der Waals surface area contributed by atoms with Gasteiger partial charge in [0.15, 0.2) is 11.6 Å². The van der Waals surface area contributed by atoms with Gasteiger partial charge in [0.1, 0.15) is 32.2 Å². The number of phenols is 1. The van der Waals surface area contributed by atoms with E-state index in [0.29, 0.717) is 41.0 Å². The summed E-state index contributed by atoms with van der Waals surface area (Å²) in [6, 6.07) is 13.2. The van der Waals surface area contributed by atoms with Gasteiger partial charge in [0.25, 0.3) is 5.56 Å². The number of hydrogen-bond donors (Lipinski definition) is 2. The van der Waals surface area contributed by atoms with Gasteiger partial charge in [-0.1, -0.05) is 52.2 Å². The molecule has 2 aliphatic rings. The number of carbonyl (C=O) groups is 5. The minimum Gasteiger partial charge on any atom is -0.508 e. The van der Waals surface area contributed by atoms with Crippen LogP contribution >= 0.6 is 0 Å². The lowest BCUT2D eigenvalue weighted by Crippen LogP contribution is -2.47. The van der Waals surface area contributed by atoms with Crippen molar-refractivity contribution in [3.05, 3.63) is 86.7 Å². The lowest BCUT2D eigenvalue weighted by atomic mass is 9.85. The van der Waals surface area contributed by atoms with Crippen molar-refractivity contribution in [3.63, 3.8) is 0 Å². The molecule has 2 unspecified atom stereocenters. The van der Waals surface area contributed by atoms with Crippen LogP contribution in [0.5, 0.6) is 5.75 Å². The van der Waals surface area contributed by atoms with E-state index in [-0.39, 0.29) is 85.7 Å². The van der Waals surface area contributed by atoms with Crippen LogP contribution in [0, 0.1) is 5.92 Å². The molecule has 300 valence electrons. The number of unbranched alkanes of at least 4 members (excludes halogenated alkanes) is 2. The van der Waals surface area contributed by atoms with Crippen LogP contribution in [0.15, 0.2) is 53.3 Å². The van der Waals surface area contributed by atoms with Gasteiger partial charge in [-0.25, -0.2) is 14.6 Å². The Balaban J connectivity index is 1.15. The molecule has 0 bridgehead atoms. The Morgan fingerprint density at radius 2 is 1.77 bits per heavy atom. The number of phenolic OH excluding ortho intramolecular Hbond substituents is 1. The summed E-state index contributed by atoms with van der Waals surface area (Å²) >= 11 is 0. The smallest absolute Gasteiger partial charge is 0.508 e. The van der Waals surface area contributed by atoms with Gasteiger partial charge in [0, 0.05) is 34.5 Å². The molecule has 4 heterocycles. The average Bonchev–Trinajstić information content (AvgIpc) is 3.55. The summed E-state index contributed by atoms with van der Waals surface area (Å²) < 4.78 is 23.4. The predicted octanol–water partition coefficient (Wildman–Crippen LogP) is 6.41. The maximum atomic E-state index is 14.0. The molecule has 2 atom stereocenters. The first kappa shape index (κ1) is 40.8. The molecule has 0 fully saturated rings. The van der Waals surface area contributed by atoms with Gasteiger partial charge in [0.2, 0.25) is 11.5 Å². The molecule has 2 aliphatic heterocycles. The maximum absolute atomic E-state index is 14.0. The summed E-state index contributed by atoms with van der Waals surface area (Å²) in [6.07, 6.45) is 2.60. The number of benzene rings is 2. The number of carbonyl (C=O) groups excluding carboxylic acids is 5. The summed E-state index contributed by atoms with van der Waals surface area (Å²) in [5.74, 6) is -2.05.